The van der Waals surface area contributed by atoms with E-state index >= 15 is 0 Å². The fraction of sp³-hybridized carbons (Fsp3) is 0.278. The molecule has 0 N–H and O–H groups in total. The first-order valence-electron chi connectivity index (χ1n) is 7.68. The molecule has 0 amide bonds. The highest BCUT2D eigenvalue weighted by Crippen LogP contribution is 2.29. The lowest BCUT2D eigenvalue weighted by molar-refractivity contribution is 0.0994. The third-order valence-electron chi connectivity index (χ3n) is 3.92. The second-order valence-corrected chi connectivity index (χ2v) is 7.05. The predicted molar refractivity (Wildman–Crippen MR) is 94.3 cm³/mol. The van der Waals surface area contributed by atoms with Crippen LogP contribution in [0.25, 0.3) is 11.4 Å². The Kier molecular flexibility index (Phi) is 4.57. The molecule has 0 radical (unpaired) electrons. The van der Waals surface area contributed by atoms with Gasteiger partial charge in [-0.1, -0.05) is 41.6 Å². The van der Waals surface area contributed by atoms with Crippen molar-refractivity contribution < 1.29 is 9.21 Å². The Labute approximate surface area is 145 Å². The molecule has 0 aliphatic heterocycles. The molecule has 1 aromatic carbocycles. The van der Waals surface area contributed by atoms with Crippen LogP contribution in [0.4, 0.5) is 0 Å². The predicted octanol–water partition coefficient (Wildman–Crippen LogP) is 4.06. The molecule has 3 aromatic rings. The molecule has 0 aliphatic carbocycles. The number of benzene rings is 1. The normalized spacial score (nSPS) is 12.3. The number of Topliss-reactive ketones (excluding diaryl/α,β-unsaturated/α-hetero) is 1. The molecule has 2 heterocycles. The number of ketones is 1. The minimum atomic E-state index is -0.242. The van der Waals surface area contributed by atoms with E-state index in [4.69, 9.17) is 4.42 Å². The molecule has 0 aliphatic rings. The summed E-state index contributed by atoms with van der Waals surface area (Å²) in [6.07, 6.45) is 1.63. The SMILES string of the molecule is Cc1ccc(C(=O)[C@H](C)Sc2nnc(-c3ccoc3C)n2C)cc1. The van der Waals surface area contributed by atoms with E-state index in [1.807, 2.05) is 62.7 Å². The maximum Gasteiger partial charge on any atom is 0.191 e. The van der Waals surface area contributed by atoms with Crippen molar-refractivity contribution in [2.75, 3.05) is 0 Å². The molecule has 2 aromatic heterocycles. The van der Waals surface area contributed by atoms with E-state index in [9.17, 15) is 4.79 Å². The molecule has 6 heteroatoms. The number of aryl methyl sites for hydroxylation is 2. The van der Waals surface area contributed by atoms with E-state index in [-0.39, 0.29) is 11.0 Å². The first-order valence-corrected chi connectivity index (χ1v) is 8.56. The van der Waals surface area contributed by atoms with Gasteiger partial charge in [-0.25, -0.2) is 0 Å². The quantitative estimate of drug-likeness (QED) is 0.517. The zero-order chi connectivity index (χ0) is 17.3. The van der Waals surface area contributed by atoms with Gasteiger partial charge in [0, 0.05) is 12.6 Å². The molecule has 0 fully saturated rings. The minimum absolute atomic E-state index is 0.0871. The Hall–Kier alpha value is -2.34. The van der Waals surface area contributed by atoms with Gasteiger partial charge in [0.2, 0.25) is 0 Å². The first kappa shape index (κ1) is 16.5. The monoisotopic (exact) mass is 341 g/mol. The lowest BCUT2D eigenvalue weighted by Gasteiger charge is -2.10. The van der Waals surface area contributed by atoms with Gasteiger partial charge < -0.3 is 8.98 Å². The summed E-state index contributed by atoms with van der Waals surface area (Å²) in [5.41, 5.74) is 2.77. The number of nitrogens with zero attached hydrogens (tertiary/aromatic N) is 3. The lowest BCUT2D eigenvalue weighted by atomic mass is 10.1. The van der Waals surface area contributed by atoms with E-state index in [0.29, 0.717) is 10.7 Å². The molecule has 124 valence electrons. The largest absolute Gasteiger partial charge is 0.469 e. The van der Waals surface area contributed by atoms with Crippen molar-refractivity contribution in [3.05, 3.63) is 53.5 Å². The fourth-order valence-electron chi connectivity index (χ4n) is 2.43. The molecular formula is C18H19N3O2S. The van der Waals surface area contributed by atoms with E-state index in [2.05, 4.69) is 10.2 Å². The highest BCUT2D eigenvalue weighted by molar-refractivity contribution is 8.00. The fourth-order valence-corrected chi connectivity index (χ4v) is 3.33. The van der Waals surface area contributed by atoms with Crippen molar-refractivity contribution >= 4 is 17.5 Å². The first-order chi connectivity index (χ1) is 11.5. The molecule has 0 saturated carbocycles. The number of furan rings is 1. The van der Waals surface area contributed by atoms with Gasteiger partial charge in [0.15, 0.2) is 16.8 Å². The molecule has 0 saturated heterocycles. The molecule has 5 nitrogen and oxygen atoms in total. The van der Waals surface area contributed by atoms with E-state index in [0.717, 1.165) is 22.7 Å². The van der Waals surface area contributed by atoms with Crippen LogP contribution in [-0.4, -0.2) is 25.8 Å². The average molecular weight is 341 g/mol. The zero-order valence-corrected chi connectivity index (χ0v) is 14.9. The van der Waals surface area contributed by atoms with Gasteiger partial charge in [0.25, 0.3) is 0 Å². The summed E-state index contributed by atoms with van der Waals surface area (Å²) in [5, 5.41) is 8.93. The summed E-state index contributed by atoms with van der Waals surface area (Å²) < 4.78 is 7.22. The van der Waals surface area contributed by atoms with Gasteiger partial charge >= 0.3 is 0 Å². The van der Waals surface area contributed by atoms with Crippen molar-refractivity contribution in [2.24, 2.45) is 7.05 Å². The molecule has 0 unspecified atom stereocenters. The minimum Gasteiger partial charge on any atom is -0.469 e. The van der Waals surface area contributed by atoms with Crippen LogP contribution in [-0.2, 0) is 7.05 Å². The third kappa shape index (κ3) is 3.14. The standard InChI is InChI=1S/C18H19N3O2S/c1-11-5-7-14(8-6-11)16(22)13(3)24-18-20-19-17(21(18)4)15-9-10-23-12(15)2/h5-10,13H,1-4H3/t13-/m0/s1. The number of rotatable bonds is 5. The molecule has 0 spiro atoms. The Morgan fingerprint density at radius 3 is 2.50 bits per heavy atom. The second-order valence-electron chi connectivity index (χ2n) is 5.75. The van der Waals surface area contributed by atoms with Crippen molar-refractivity contribution in [1.29, 1.82) is 0 Å². The highest BCUT2D eigenvalue weighted by Gasteiger charge is 2.21. The number of carbonyl (C=O) groups excluding carboxylic acids is 1. The summed E-state index contributed by atoms with van der Waals surface area (Å²) in [7, 11) is 1.90. The van der Waals surface area contributed by atoms with E-state index < -0.39 is 0 Å². The van der Waals surface area contributed by atoms with E-state index in [1.54, 1.807) is 6.26 Å². The summed E-state index contributed by atoms with van der Waals surface area (Å²) in [5.74, 6) is 1.62. The Bertz CT molecular complexity index is 865. The van der Waals surface area contributed by atoms with Gasteiger partial charge in [-0.2, -0.15) is 0 Å². The Morgan fingerprint density at radius 1 is 1.17 bits per heavy atom. The molecular weight excluding hydrogens is 322 g/mol. The number of carbonyl (C=O) groups is 1. The van der Waals surface area contributed by atoms with Crippen LogP contribution in [0, 0.1) is 13.8 Å². The van der Waals surface area contributed by atoms with Gasteiger partial charge in [0.1, 0.15) is 5.76 Å². The van der Waals surface area contributed by atoms with Crippen molar-refractivity contribution in [2.45, 2.75) is 31.2 Å². The van der Waals surface area contributed by atoms with Gasteiger partial charge in [0.05, 0.1) is 17.1 Å². The maximum absolute atomic E-state index is 12.6. The van der Waals surface area contributed by atoms with Crippen LogP contribution in [0.3, 0.4) is 0 Å². The Morgan fingerprint density at radius 2 is 1.88 bits per heavy atom. The number of aromatic nitrogens is 3. The average Bonchev–Trinajstić information content (AvgIpc) is 3.14. The van der Waals surface area contributed by atoms with Gasteiger partial charge in [-0.05, 0) is 26.8 Å². The number of hydrogen-bond donors (Lipinski definition) is 0. The van der Waals surface area contributed by atoms with E-state index in [1.165, 1.54) is 11.8 Å². The zero-order valence-electron chi connectivity index (χ0n) is 14.1. The Balaban J connectivity index is 1.79. The lowest BCUT2D eigenvalue weighted by Crippen LogP contribution is -2.14. The third-order valence-corrected chi connectivity index (χ3v) is 5.06. The molecule has 0 bridgehead atoms. The molecule has 24 heavy (non-hydrogen) atoms. The number of thioether (sulfide) groups is 1. The van der Waals surface area contributed by atoms with Crippen LogP contribution >= 0.6 is 11.8 Å². The van der Waals surface area contributed by atoms with Crippen molar-refractivity contribution in [3.8, 4) is 11.4 Å². The summed E-state index contributed by atoms with van der Waals surface area (Å²) in [6.45, 7) is 5.79. The summed E-state index contributed by atoms with van der Waals surface area (Å²) in [4.78, 5) is 12.6. The van der Waals surface area contributed by atoms with Crippen LogP contribution in [0.2, 0.25) is 0 Å². The summed E-state index contributed by atoms with van der Waals surface area (Å²) >= 11 is 1.41. The van der Waals surface area contributed by atoms with Crippen LogP contribution < -0.4 is 0 Å². The smallest absolute Gasteiger partial charge is 0.191 e. The summed E-state index contributed by atoms with van der Waals surface area (Å²) in [6, 6.07) is 9.51. The van der Waals surface area contributed by atoms with Crippen molar-refractivity contribution in [3.63, 3.8) is 0 Å². The second kappa shape index (κ2) is 6.65. The van der Waals surface area contributed by atoms with Gasteiger partial charge in [-0.15, -0.1) is 10.2 Å². The maximum atomic E-state index is 12.6. The van der Waals surface area contributed by atoms with Crippen LogP contribution in [0.5, 0.6) is 0 Å². The van der Waals surface area contributed by atoms with Gasteiger partial charge in [-0.3, -0.25) is 4.79 Å². The highest BCUT2D eigenvalue weighted by atomic mass is 32.2. The topological polar surface area (TPSA) is 60.9 Å². The van der Waals surface area contributed by atoms with Crippen LogP contribution in [0.15, 0.2) is 46.2 Å². The van der Waals surface area contributed by atoms with Crippen molar-refractivity contribution in [1.82, 2.24) is 14.8 Å². The molecule has 3 rings (SSSR count). The van der Waals surface area contributed by atoms with Crippen LogP contribution in [0.1, 0.15) is 28.6 Å². The molecule has 1 atom stereocenters. The number of hydrogen-bond acceptors (Lipinski definition) is 5.